The third kappa shape index (κ3) is 5.88. The number of carbonyl (C=O) groups excluding carboxylic acids is 1. The van der Waals surface area contributed by atoms with Crippen LogP contribution < -0.4 is 4.90 Å². The lowest BCUT2D eigenvalue weighted by Gasteiger charge is -2.21. The first-order valence-electron chi connectivity index (χ1n) is 17.3. The van der Waals surface area contributed by atoms with Gasteiger partial charge in [0.05, 0.1) is 22.5 Å². The van der Waals surface area contributed by atoms with Crippen LogP contribution in [0.4, 0.5) is 5.69 Å². The predicted octanol–water partition coefficient (Wildman–Crippen LogP) is 8.42. The Labute approximate surface area is 306 Å². The molecule has 1 aliphatic heterocycles. The summed E-state index contributed by atoms with van der Waals surface area (Å²) in [7, 11) is 0. The van der Waals surface area contributed by atoms with Gasteiger partial charge in [-0.25, -0.2) is 29.9 Å². The first-order valence-corrected chi connectivity index (χ1v) is 17.3. The normalized spacial score (nSPS) is 14.2. The molecule has 0 radical (unpaired) electrons. The predicted molar refractivity (Wildman–Crippen MR) is 208 cm³/mol. The van der Waals surface area contributed by atoms with Crippen molar-refractivity contribution in [2.75, 3.05) is 4.90 Å². The van der Waals surface area contributed by atoms with Crippen LogP contribution in [0.1, 0.15) is 69.5 Å². The van der Waals surface area contributed by atoms with Gasteiger partial charge in [-0.1, -0.05) is 61.2 Å². The maximum absolute atomic E-state index is 14.6. The van der Waals surface area contributed by atoms with E-state index in [2.05, 4.69) is 42.5 Å². The van der Waals surface area contributed by atoms with E-state index in [-0.39, 0.29) is 5.91 Å². The van der Waals surface area contributed by atoms with Crippen molar-refractivity contribution in [3.63, 3.8) is 0 Å². The van der Waals surface area contributed by atoms with Gasteiger partial charge in [0.2, 0.25) is 0 Å². The highest BCUT2D eigenvalue weighted by Crippen LogP contribution is 2.42. The average molecular weight is 697 g/mol. The number of allylic oxidation sites excluding steroid dienone is 1. The molecule has 1 N–H and O–H groups in total. The number of anilines is 1. The lowest BCUT2D eigenvalue weighted by molar-refractivity contribution is 0.0935. The van der Waals surface area contributed by atoms with Gasteiger partial charge in [0.25, 0.3) is 5.91 Å². The highest BCUT2D eigenvalue weighted by atomic mass is 16.3. The van der Waals surface area contributed by atoms with Gasteiger partial charge < -0.3 is 9.67 Å². The number of hydrogen-bond donors (Lipinski definition) is 1. The Morgan fingerprint density at radius 3 is 2.09 bits per heavy atom. The van der Waals surface area contributed by atoms with Crippen LogP contribution in [-0.2, 0) is 0 Å². The molecule has 10 nitrogen and oxygen atoms in total. The van der Waals surface area contributed by atoms with E-state index in [4.69, 9.17) is 0 Å². The number of aryl methyl sites for hydroxylation is 4. The van der Waals surface area contributed by atoms with Gasteiger partial charge in [0, 0.05) is 27.8 Å². The molecule has 0 spiro atoms. The monoisotopic (exact) mass is 696 g/mol. The molecule has 53 heavy (non-hydrogen) atoms. The van der Waals surface area contributed by atoms with Crippen molar-refractivity contribution in [3.8, 4) is 28.2 Å². The van der Waals surface area contributed by atoms with Crippen LogP contribution in [0.25, 0.3) is 56.8 Å². The van der Waals surface area contributed by atoms with E-state index < -0.39 is 6.23 Å². The molecule has 0 saturated heterocycles. The number of rotatable bonds is 7. The summed E-state index contributed by atoms with van der Waals surface area (Å²) in [6.07, 6.45) is 2.64. The molecule has 10 heteroatoms. The zero-order valence-corrected chi connectivity index (χ0v) is 30.0. The topological polar surface area (TPSA) is 123 Å². The van der Waals surface area contributed by atoms with Crippen molar-refractivity contribution in [1.82, 2.24) is 34.5 Å². The summed E-state index contributed by atoms with van der Waals surface area (Å²) < 4.78 is 2.03. The quantitative estimate of drug-likeness (QED) is 0.176. The van der Waals surface area contributed by atoms with E-state index in [1.54, 1.807) is 6.08 Å². The van der Waals surface area contributed by atoms with Crippen molar-refractivity contribution >= 4 is 40.2 Å². The van der Waals surface area contributed by atoms with Gasteiger partial charge in [0.1, 0.15) is 23.3 Å². The van der Waals surface area contributed by atoms with Crippen LogP contribution in [0, 0.1) is 27.7 Å². The number of fused-ring (bicyclic) bond motifs is 2. The largest absolute Gasteiger partial charge is 0.369 e. The maximum Gasteiger partial charge on any atom is 0.263 e. The first kappa shape index (κ1) is 33.5. The second kappa shape index (κ2) is 13.2. The van der Waals surface area contributed by atoms with E-state index in [0.29, 0.717) is 57.4 Å². The van der Waals surface area contributed by atoms with Gasteiger partial charge >= 0.3 is 0 Å². The highest BCUT2D eigenvalue weighted by molar-refractivity contribution is 6.14. The van der Waals surface area contributed by atoms with Crippen LogP contribution in [-0.4, -0.2) is 45.5 Å². The number of carbonyl (C=O) groups is 1. The second-order valence-corrected chi connectivity index (χ2v) is 13.1. The summed E-state index contributed by atoms with van der Waals surface area (Å²) in [5, 5.41) is 12.6. The minimum absolute atomic E-state index is 0.303. The van der Waals surface area contributed by atoms with Gasteiger partial charge in [-0.2, -0.15) is 0 Å². The fourth-order valence-corrected chi connectivity index (χ4v) is 7.19. The Balaban J connectivity index is 1.33. The Kier molecular flexibility index (Phi) is 8.31. The fourth-order valence-electron chi connectivity index (χ4n) is 7.19. The van der Waals surface area contributed by atoms with Gasteiger partial charge in [-0.15, -0.1) is 0 Å². The molecule has 1 aliphatic rings. The van der Waals surface area contributed by atoms with Crippen molar-refractivity contribution in [2.45, 2.75) is 40.8 Å². The van der Waals surface area contributed by atoms with Crippen LogP contribution in [0.3, 0.4) is 0 Å². The number of aliphatic hydroxyl groups excluding tert-OH is 1. The molecule has 1 atom stereocenters. The summed E-state index contributed by atoms with van der Waals surface area (Å²) in [6.45, 7) is 13.6. The third-order valence-corrected chi connectivity index (χ3v) is 9.43. The Hall–Kier alpha value is -6.65. The van der Waals surface area contributed by atoms with Gasteiger partial charge in [-0.05, 0) is 99.9 Å². The smallest absolute Gasteiger partial charge is 0.263 e. The van der Waals surface area contributed by atoms with E-state index in [1.165, 1.54) is 4.90 Å². The maximum atomic E-state index is 14.6. The number of benzene rings is 4. The molecule has 0 bridgehead atoms. The first-order chi connectivity index (χ1) is 25.6. The number of amides is 1. The Morgan fingerprint density at radius 2 is 1.40 bits per heavy atom. The molecule has 7 aromatic rings. The van der Waals surface area contributed by atoms with Crippen molar-refractivity contribution < 1.29 is 9.90 Å². The summed E-state index contributed by atoms with van der Waals surface area (Å²) in [5.41, 5.74) is 8.18. The summed E-state index contributed by atoms with van der Waals surface area (Å²) in [6, 6.07) is 29.3. The van der Waals surface area contributed by atoms with E-state index in [1.807, 2.05) is 130 Å². The summed E-state index contributed by atoms with van der Waals surface area (Å²) in [5.74, 6) is 3.34. The van der Waals surface area contributed by atoms with Crippen LogP contribution in [0.2, 0.25) is 0 Å². The van der Waals surface area contributed by atoms with Crippen LogP contribution in [0.15, 0.2) is 97.6 Å². The van der Waals surface area contributed by atoms with Crippen molar-refractivity contribution in [1.29, 1.82) is 0 Å². The SMILES string of the molecule is C=Cc1c(/C=C(\C)c2nc(C)nc(C)n2)c2cc(-c3nc(C)nc(C)n3)ccc2n1-c1cccc2c1C(=O)N(c1cccc(-c3ccccc3)c1)C2O. The van der Waals surface area contributed by atoms with Gasteiger partial charge in [0.15, 0.2) is 17.9 Å². The molecule has 0 fully saturated rings. The molecule has 1 unspecified atom stereocenters. The summed E-state index contributed by atoms with van der Waals surface area (Å²) in [4.78, 5) is 43.3. The molecule has 4 aromatic carbocycles. The molecule has 1 amide bonds. The zero-order chi connectivity index (χ0) is 37.0. The second-order valence-electron chi connectivity index (χ2n) is 13.1. The van der Waals surface area contributed by atoms with E-state index >= 15 is 0 Å². The molecule has 4 heterocycles. The van der Waals surface area contributed by atoms with Crippen LogP contribution >= 0.6 is 0 Å². The van der Waals surface area contributed by atoms with E-state index in [9.17, 15) is 9.90 Å². The number of nitrogens with zero attached hydrogens (tertiary/aromatic N) is 8. The lowest BCUT2D eigenvalue weighted by Crippen LogP contribution is -2.27. The number of aliphatic hydroxyl groups is 1. The average Bonchev–Trinajstić information content (AvgIpc) is 3.60. The number of hydrogen-bond acceptors (Lipinski definition) is 8. The zero-order valence-electron chi connectivity index (χ0n) is 30.0. The Morgan fingerprint density at radius 1 is 0.736 bits per heavy atom. The third-order valence-electron chi connectivity index (χ3n) is 9.43. The molecule has 8 rings (SSSR count). The minimum Gasteiger partial charge on any atom is -0.369 e. The highest BCUT2D eigenvalue weighted by Gasteiger charge is 2.39. The Bertz CT molecular complexity index is 2600. The molecular formula is C43H36N8O2. The van der Waals surface area contributed by atoms with Crippen molar-refractivity contribution in [2.24, 2.45) is 0 Å². The molecule has 0 saturated carbocycles. The molecule has 3 aromatic heterocycles. The standard InChI is InChI=1S/C43H36N8O2/c1-7-36-34(21-24(2)40-46-25(3)44-26(4)47-40)35-23-31(41-48-27(5)45-28(6)49-41)19-20-37(35)51(36)38-18-12-17-33-39(38)43(53)50(42(33)52)32-16-11-15-30(22-32)29-13-9-8-10-14-29/h7-23,42,52H,1H2,2-6H3/b24-21+. The fraction of sp³-hybridized carbons (Fsp3) is 0.140. The molecule has 260 valence electrons. The van der Waals surface area contributed by atoms with Crippen molar-refractivity contribution in [3.05, 3.63) is 149 Å². The molecule has 0 aliphatic carbocycles. The van der Waals surface area contributed by atoms with Gasteiger partial charge in [-0.3, -0.25) is 9.69 Å². The van der Waals surface area contributed by atoms with Crippen LogP contribution in [0.5, 0.6) is 0 Å². The lowest BCUT2D eigenvalue weighted by atomic mass is 10.0. The minimum atomic E-state index is -1.18. The summed E-state index contributed by atoms with van der Waals surface area (Å²) >= 11 is 0. The molecular weight excluding hydrogens is 661 g/mol. The van der Waals surface area contributed by atoms with E-state index in [0.717, 1.165) is 44.4 Å². The number of aromatic nitrogens is 7.